The largest absolute Gasteiger partial charge is 0.568 e. The lowest BCUT2D eigenvalue weighted by molar-refractivity contribution is 0.609. The summed E-state index contributed by atoms with van der Waals surface area (Å²) in [5, 5.41) is 2.36. The Labute approximate surface area is 47.6 Å². The van der Waals surface area contributed by atoms with Crippen LogP contribution in [0.5, 0.6) is 0 Å². The molecular weight excluding hydrogens is 108 g/mol. The second-order valence-corrected chi connectivity index (χ2v) is 1.48. The maximum absolute atomic E-state index is 9.55. The van der Waals surface area contributed by atoms with Crippen molar-refractivity contribution in [3.05, 3.63) is 0 Å². The Morgan fingerprint density at radius 3 is 2.86 bits per heavy atom. The Bertz CT molecular complexity index is 98.4. The van der Waals surface area contributed by atoms with Gasteiger partial charge in [-0.05, 0) is 12.3 Å². The fourth-order valence-electron chi connectivity index (χ4n) is 0.205. The topological polar surface area (TPSA) is 17.1 Å². The molecule has 0 heterocycles. The van der Waals surface area contributed by atoms with E-state index in [1.165, 1.54) is 0 Å². The zero-order chi connectivity index (χ0) is 5.54. The van der Waals surface area contributed by atoms with Gasteiger partial charge in [-0.3, -0.25) is 0 Å². The lowest BCUT2D eigenvalue weighted by Gasteiger charge is -1.68. The Balaban J connectivity index is 3.07. The average Bonchev–Trinajstić information content (AvgIpc) is 1.69. The summed E-state index contributed by atoms with van der Waals surface area (Å²) < 4.78 is 9.55. The van der Waals surface area contributed by atoms with Gasteiger partial charge in [0.05, 0.1) is 4.21 Å². The van der Waals surface area contributed by atoms with Crippen LogP contribution in [0.2, 0.25) is 0 Å². The molecule has 0 atom stereocenters. The van der Waals surface area contributed by atoms with Crippen molar-refractivity contribution in [3.8, 4) is 11.2 Å². The third-order valence-electron chi connectivity index (χ3n) is 0.489. The van der Waals surface area contributed by atoms with Gasteiger partial charge in [-0.15, -0.1) is 0 Å². The number of rotatable bonds is 1. The van der Waals surface area contributed by atoms with Crippen molar-refractivity contribution in [1.82, 2.24) is 0 Å². The molecule has 0 rings (SSSR count). The Hall–Kier alpha value is -0.420. The van der Waals surface area contributed by atoms with Crippen LogP contribution >= 0.6 is 0 Å². The van der Waals surface area contributed by atoms with E-state index in [1.54, 1.807) is 0 Å². The second-order valence-electron chi connectivity index (χ2n) is 1.11. The Morgan fingerprint density at radius 1 is 1.71 bits per heavy atom. The van der Waals surface area contributed by atoms with Crippen LogP contribution in [0.1, 0.15) is 19.8 Å². The third-order valence-corrected chi connectivity index (χ3v) is 0.717. The summed E-state index contributed by atoms with van der Waals surface area (Å²) in [6.45, 7) is 2.03. The lowest BCUT2D eigenvalue weighted by atomic mass is 10.4. The van der Waals surface area contributed by atoms with Crippen LogP contribution in [0, 0.1) is 11.2 Å². The molecule has 0 radical (unpaired) electrons. The first-order valence-electron chi connectivity index (χ1n) is 2.18. The van der Waals surface area contributed by atoms with E-state index in [1.807, 2.05) is 6.92 Å². The lowest BCUT2D eigenvalue weighted by Crippen LogP contribution is -1.58. The molecule has 1 nitrogen and oxygen atoms in total. The zero-order valence-electron chi connectivity index (χ0n) is 4.23. The molecule has 0 aromatic rings. The fourth-order valence-corrected chi connectivity index (χ4v) is 0.366. The van der Waals surface area contributed by atoms with Crippen molar-refractivity contribution in [3.63, 3.8) is 0 Å². The first kappa shape index (κ1) is 6.58. The first-order chi connectivity index (χ1) is 3.41. The fraction of sp³-hybridized carbons (Fsp3) is 0.600. The molecule has 0 amide bonds. The molecule has 0 saturated heterocycles. The number of unbranched alkanes of at least 4 members (excludes halogenated alkanes) is 1. The quantitative estimate of drug-likeness (QED) is 0.370. The predicted molar refractivity (Wildman–Crippen MR) is 30.7 cm³/mol. The van der Waals surface area contributed by atoms with Crippen molar-refractivity contribution < 1.29 is 4.21 Å². The molecule has 0 aliphatic rings. The highest BCUT2D eigenvalue weighted by molar-refractivity contribution is 7.70. The first-order valence-corrected chi connectivity index (χ1v) is 2.92. The zero-order valence-corrected chi connectivity index (χ0v) is 5.05. The van der Waals surface area contributed by atoms with Gasteiger partial charge in [0.2, 0.25) is 0 Å². The van der Waals surface area contributed by atoms with Crippen molar-refractivity contribution >= 4 is 11.7 Å². The summed E-state index contributed by atoms with van der Waals surface area (Å²) in [6.07, 6.45) is 1.88. The van der Waals surface area contributed by atoms with E-state index in [0.717, 1.165) is 12.8 Å². The highest BCUT2D eigenvalue weighted by Crippen LogP contribution is 1.79. The molecular formula is C5H7OS+. The molecule has 7 heavy (non-hydrogen) atoms. The van der Waals surface area contributed by atoms with Crippen molar-refractivity contribution in [2.24, 2.45) is 0 Å². The molecule has 0 aliphatic heterocycles. The summed E-state index contributed by atoms with van der Waals surface area (Å²) >= 11 is 0.330. The molecule has 0 fully saturated rings. The average molecular weight is 115 g/mol. The minimum atomic E-state index is 0.330. The van der Waals surface area contributed by atoms with Gasteiger partial charge < -0.3 is 0 Å². The molecule has 0 unspecified atom stereocenters. The van der Waals surface area contributed by atoms with E-state index < -0.39 is 0 Å². The van der Waals surface area contributed by atoms with Gasteiger partial charge in [0.25, 0.3) is 5.25 Å². The van der Waals surface area contributed by atoms with Crippen LogP contribution in [0.4, 0.5) is 0 Å². The summed E-state index contributed by atoms with van der Waals surface area (Å²) in [5.41, 5.74) is 0. The maximum Gasteiger partial charge on any atom is 0.568 e. The molecule has 2 heteroatoms. The van der Waals surface area contributed by atoms with E-state index in [2.05, 4.69) is 11.2 Å². The molecule has 0 N–H and O–H groups in total. The van der Waals surface area contributed by atoms with Gasteiger partial charge in [0, 0.05) is 6.42 Å². The van der Waals surface area contributed by atoms with Crippen molar-refractivity contribution in [2.75, 3.05) is 0 Å². The molecule has 0 aromatic heterocycles. The number of hydrogen-bond acceptors (Lipinski definition) is 1. The van der Waals surface area contributed by atoms with E-state index in [4.69, 9.17) is 0 Å². The van der Waals surface area contributed by atoms with Crippen LogP contribution in [-0.2, 0) is 15.9 Å². The minimum Gasteiger partial charge on any atom is -0.0645 e. The normalized spacial score (nSPS) is 6.43. The van der Waals surface area contributed by atoms with Gasteiger partial charge in [0.15, 0.2) is 0 Å². The monoisotopic (exact) mass is 115 g/mol. The van der Waals surface area contributed by atoms with Crippen LogP contribution in [-0.4, -0.2) is 0 Å². The Kier molecular flexibility index (Phi) is 5.25. The minimum absolute atomic E-state index is 0.330. The standard InChI is InChI=1S/C5H7OS/c1-2-3-4-5-7-6/h2-3H2,1H3/q+1. The molecule has 0 aliphatic carbocycles. The molecule has 38 valence electrons. The molecule has 0 bridgehead atoms. The van der Waals surface area contributed by atoms with Gasteiger partial charge >= 0.3 is 11.7 Å². The van der Waals surface area contributed by atoms with E-state index >= 15 is 0 Å². The highest BCUT2D eigenvalue weighted by atomic mass is 32.1. The summed E-state index contributed by atoms with van der Waals surface area (Å²) in [7, 11) is 0. The third kappa shape index (κ3) is 5.58. The van der Waals surface area contributed by atoms with Crippen molar-refractivity contribution in [1.29, 1.82) is 0 Å². The molecule has 0 aromatic carbocycles. The Morgan fingerprint density at radius 2 is 2.43 bits per heavy atom. The summed E-state index contributed by atoms with van der Waals surface area (Å²) in [4.78, 5) is 0. The van der Waals surface area contributed by atoms with E-state index in [-0.39, 0.29) is 0 Å². The highest BCUT2D eigenvalue weighted by Gasteiger charge is 1.79. The van der Waals surface area contributed by atoms with E-state index in [0.29, 0.717) is 11.7 Å². The van der Waals surface area contributed by atoms with Crippen LogP contribution in [0.3, 0.4) is 0 Å². The molecule has 0 spiro atoms. The molecule has 0 saturated carbocycles. The van der Waals surface area contributed by atoms with Crippen molar-refractivity contribution in [2.45, 2.75) is 19.8 Å². The van der Waals surface area contributed by atoms with Gasteiger partial charge in [0.1, 0.15) is 0 Å². The maximum atomic E-state index is 9.55. The van der Waals surface area contributed by atoms with Gasteiger partial charge in [-0.2, -0.15) is 0 Å². The smallest absolute Gasteiger partial charge is 0.0645 e. The van der Waals surface area contributed by atoms with E-state index in [9.17, 15) is 4.21 Å². The second kappa shape index (κ2) is 5.58. The predicted octanol–water partition coefficient (Wildman–Crippen LogP) is 1.18. The SMILES string of the molecule is CCCC#C[S+]=O. The summed E-state index contributed by atoms with van der Waals surface area (Å²) in [5.74, 6) is 2.69. The van der Waals surface area contributed by atoms with Crippen LogP contribution < -0.4 is 0 Å². The van der Waals surface area contributed by atoms with Gasteiger partial charge in [-0.1, -0.05) is 6.92 Å². The van der Waals surface area contributed by atoms with Crippen LogP contribution in [0.25, 0.3) is 0 Å². The summed E-state index contributed by atoms with van der Waals surface area (Å²) in [6, 6.07) is 0. The number of hydrogen-bond donors (Lipinski definition) is 0. The van der Waals surface area contributed by atoms with Crippen LogP contribution in [0.15, 0.2) is 0 Å². The van der Waals surface area contributed by atoms with Gasteiger partial charge in [-0.25, -0.2) is 0 Å².